The summed E-state index contributed by atoms with van der Waals surface area (Å²) in [4.78, 5) is 36.9. The Bertz CT molecular complexity index is 717. The van der Waals surface area contributed by atoms with Crippen LogP contribution in [0.25, 0.3) is 0 Å². The summed E-state index contributed by atoms with van der Waals surface area (Å²) in [6.45, 7) is 4.04. The van der Waals surface area contributed by atoms with E-state index in [1.807, 2.05) is 35.2 Å². The van der Waals surface area contributed by atoms with Gasteiger partial charge < -0.3 is 25.4 Å². The smallest absolute Gasteiger partial charge is 0.407 e. The first-order valence-electron chi connectivity index (χ1n) is 11.2. The maximum Gasteiger partial charge on any atom is 0.407 e. The van der Waals surface area contributed by atoms with Gasteiger partial charge in [-0.2, -0.15) is 11.8 Å². The van der Waals surface area contributed by atoms with Crippen molar-refractivity contribution in [3.05, 3.63) is 35.9 Å². The van der Waals surface area contributed by atoms with Crippen molar-refractivity contribution in [3.63, 3.8) is 0 Å². The SMILES string of the molecule is CC(=O)OCCC1CCN(C(=O)[C@@H](N)CSCCCNC(=O)OCc2ccccc2)CC1.Cl. The first kappa shape index (κ1) is 29.1. The summed E-state index contributed by atoms with van der Waals surface area (Å²) in [5.41, 5.74) is 7.04. The number of esters is 1. The lowest BCUT2D eigenvalue weighted by atomic mass is 9.93. The van der Waals surface area contributed by atoms with Crippen LogP contribution in [0.5, 0.6) is 0 Å². The molecule has 0 radical (unpaired) electrons. The second-order valence-electron chi connectivity index (χ2n) is 7.92. The molecule has 1 saturated heterocycles. The monoisotopic (exact) mass is 501 g/mol. The molecule has 10 heteroatoms. The summed E-state index contributed by atoms with van der Waals surface area (Å²) in [5, 5.41) is 2.73. The van der Waals surface area contributed by atoms with Gasteiger partial charge in [0.1, 0.15) is 6.61 Å². The van der Waals surface area contributed by atoms with Crippen LogP contribution in [-0.4, -0.2) is 66.7 Å². The molecule has 0 aliphatic carbocycles. The highest BCUT2D eigenvalue weighted by Gasteiger charge is 2.26. The van der Waals surface area contributed by atoms with Gasteiger partial charge in [0, 0.05) is 32.3 Å². The van der Waals surface area contributed by atoms with Gasteiger partial charge >= 0.3 is 12.1 Å². The number of thioether (sulfide) groups is 1. The van der Waals surface area contributed by atoms with E-state index in [0.717, 1.165) is 37.0 Å². The van der Waals surface area contributed by atoms with Gasteiger partial charge in [0.25, 0.3) is 0 Å². The molecule has 1 aromatic carbocycles. The number of hydrogen-bond acceptors (Lipinski definition) is 7. The Kier molecular flexibility index (Phi) is 14.6. The van der Waals surface area contributed by atoms with E-state index in [2.05, 4.69) is 5.32 Å². The predicted octanol–water partition coefficient (Wildman–Crippen LogP) is 2.98. The summed E-state index contributed by atoms with van der Waals surface area (Å²) in [5.74, 6) is 1.59. The summed E-state index contributed by atoms with van der Waals surface area (Å²) < 4.78 is 10.2. The Labute approximate surface area is 206 Å². The largest absolute Gasteiger partial charge is 0.466 e. The Hall–Kier alpha value is -1.97. The van der Waals surface area contributed by atoms with Gasteiger partial charge in [0.2, 0.25) is 5.91 Å². The number of carbonyl (C=O) groups is 3. The van der Waals surface area contributed by atoms with Gasteiger partial charge in [-0.1, -0.05) is 30.3 Å². The molecule has 1 aliphatic heterocycles. The molecule has 1 heterocycles. The molecular formula is C23H36ClN3O5S. The van der Waals surface area contributed by atoms with Gasteiger partial charge in [-0.25, -0.2) is 4.79 Å². The number of hydrogen-bond donors (Lipinski definition) is 2. The molecule has 2 amide bonds. The van der Waals surface area contributed by atoms with Gasteiger partial charge in [-0.15, -0.1) is 12.4 Å². The highest BCUT2D eigenvalue weighted by molar-refractivity contribution is 7.99. The number of alkyl carbamates (subject to hydrolysis) is 1. The fourth-order valence-corrected chi connectivity index (χ4v) is 4.38. The number of amides is 2. The van der Waals surface area contributed by atoms with Crippen LogP contribution in [0.2, 0.25) is 0 Å². The number of carbonyl (C=O) groups excluding carboxylic acids is 3. The van der Waals surface area contributed by atoms with Gasteiger partial charge in [0.15, 0.2) is 0 Å². The maximum absolute atomic E-state index is 12.6. The summed E-state index contributed by atoms with van der Waals surface area (Å²) in [6.07, 6.45) is 3.02. The zero-order valence-electron chi connectivity index (χ0n) is 19.2. The minimum absolute atomic E-state index is 0. The topological polar surface area (TPSA) is 111 Å². The Morgan fingerprint density at radius 2 is 1.88 bits per heavy atom. The molecule has 3 N–H and O–H groups in total. The number of piperidine rings is 1. The third-order valence-corrected chi connectivity index (χ3v) is 6.49. The Morgan fingerprint density at radius 1 is 1.18 bits per heavy atom. The molecule has 186 valence electrons. The molecule has 0 unspecified atom stereocenters. The van der Waals surface area contributed by atoms with Crippen LogP contribution in [-0.2, 0) is 25.7 Å². The molecule has 8 nitrogen and oxygen atoms in total. The van der Waals surface area contributed by atoms with Crippen LogP contribution in [0.15, 0.2) is 30.3 Å². The zero-order chi connectivity index (χ0) is 23.2. The van der Waals surface area contributed by atoms with Crippen LogP contribution in [0.4, 0.5) is 4.79 Å². The van der Waals surface area contributed by atoms with Crippen molar-refractivity contribution < 1.29 is 23.9 Å². The van der Waals surface area contributed by atoms with Crippen molar-refractivity contribution in [2.75, 3.05) is 37.7 Å². The number of nitrogens with zero attached hydrogens (tertiary/aromatic N) is 1. The van der Waals surface area contributed by atoms with E-state index >= 15 is 0 Å². The summed E-state index contributed by atoms with van der Waals surface area (Å²) in [6, 6.07) is 9.02. The third-order valence-electron chi connectivity index (χ3n) is 5.32. The lowest BCUT2D eigenvalue weighted by Crippen LogP contribution is -2.48. The lowest BCUT2D eigenvalue weighted by Gasteiger charge is -2.33. The van der Waals surface area contributed by atoms with Gasteiger partial charge in [-0.3, -0.25) is 9.59 Å². The molecule has 0 aromatic heterocycles. The average molecular weight is 502 g/mol. The standard InChI is InChI=1S/C23H35N3O5S.ClH/c1-18(27)30-14-10-19-8-12-26(13-9-19)22(28)21(24)17-32-15-5-11-25-23(29)31-16-20-6-3-2-4-7-20;/h2-4,6-7,19,21H,5,8-17,24H2,1H3,(H,25,29);1H/t21-;/m0./s1. The van der Waals surface area contributed by atoms with E-state index in [9.17, 15) is 14.4 Å². The lowest BCUT2D eigenvalue weighted by molar-refractivity contribution is -0.141. The molecule has 1 aliphatic rings. The van der Waals surface area contributed by atoms with E-state index in [-0.39, 0.29) is 30.9 Å². The second kappa shape index (κ2) is 16.6. The quantitative estimate of drug-likeness (QED) is 0.334. The molecule has 0 spiro atoms. The normalized spacial score (nSPS) is 14.7. The fraction of sp³-hybridized carbons (Fsp3) is 0.609. The molecule has 1 aromatic rings. The van der Waals surface area contributed by atoms with Crippen molar-refractivity contribution in [1.29, 1.82) is 0 Å². The van der Waals surface area contributed by atoms with Crippen LogP contribution < -0.4 is 11.1 Å². The molecule has 2 rings (SSSR count). The van der Waals surface area contributed by atoms with E-state index in [0.29, 0.717) is 37.9 Å². The molecule has 0 bridgehead atoms. The Morgan fingerprint density at radius 3 is 2.55 bits per heavy atom. The highest BCUT2D eigenvalue weighted by atomic mass is 35.5. The van der Waals surface area contributed by atoms with Crippen molar-refractivity contribution in [2.24, 2.45) is 11.7 Å². The van der Waals surface area contributed by atoms with Gasteiger partial charge in [0.05, 0.1) is 12.6 Å². The molecule has 1 atom stereocenters. The Balaban J connectivity index is 0.00000544. The van der Waals surface area contributed by atoms with Crippen LogP contribution >= 0.6 is 24.2 Å². The third kappa shape index (κ3) is 12.2. The number of benzene rings is 1. The van der Waals surface area contributed by atoms with Crippen molar-refractivity contribution >= 4 is 42.1 Å². The summed E-state index contributed by atoms with van der Waals surface area (Å²) in [7, 11) is 0. The number of likely N-dealkylation sites (tertiary alicyclic amines) is 1. The van der Waals surface area contributed by atoms with Crippen molar-refractivity contribution in [2.45, 2.75) is 45.3 Å². The number of rotatable bonds is 12. The number of halogens is 1. The molecule has 0 saturated carbocycles. The second-order valence-corrected chi connectivity index (χ2v) is 9.07. The maximum atomic E-state index is 12.6. The van der Waals surface area contributed by atoms with E-state index in [1.165, 1.54) is 6.92 Å². The van der Waals surface area contributed by atoms with E-state index < -0.39 is 12.1 Å². The molecule has 33 heavy (non-hydrogen) atoms. The van der Waals surface area contributed by atoms with Crippen LogP contribution in [0.1, 0.15) is 38.2 Å². The van der Waals surface area contributed by atoms with Crippen LogP contribution in [0, 0.1) is 5.92 Å². The van der Waals surface area contributed by atoms with Crippen LogP contribution in [0.3, 0.4) is 0 Å². The number of ether oxygens (including phenoxy) is 2. The highest BCUT2D eigenvalue weighted by Crippen LogP contribution is 2.21. The summed E-state index contributed by atoms with van der Waals surface area (Å²) >= 11 is 1.62. The zero-order valence-corrected chi connectivity index (χ0v) is 20.8. The molecule has 1 fully saturated rings. The number of nitrogens with two attached hydrogens (primary N) is 1. The average Bonchev–Trinajstić information content (AvgIpc) is 2.80. The fourth-order valence-electron chi connectivity index (χ4n) is 3.47. The minimum Gasteiger partial charge on any atom is -0.466 e. The minimum atomic E-state index is -0.513. The van der Waals surface area contributed by atoms with Crippen molar-refractivity contribution in [1.82, 2.24) is 10.2 Å². The first-order chi connectivity index (χ1) is 15.5. The van der Waals surface area contributed by atoms with E-state index in [4.69, 9.17) is 15.2 Å². The number of nitrogens with one attached hydrogen (secondary N) is 1. The first-order valence-corrected chi connectivity index (χ1v) is 12.3. The van der Waals surface area contributed by atoms with Gasteiger partial charge in [-0.05, 0) is 42.9 Å². The van der Waals surface area contributed by atoms with E-state index in [1.54, 1.807) is 11.8 Å². The van der Waals surface area contributed by atoms with Crippen molar-refractivity contribution in [3.8, 4) is 0 Å². The molecular weight excluding hydrogens is 466 g/mol. The predicted molar refractivity (Wildman–Crippen MR) is 132 cm³/mol.